The van der Waals surface area contributed by atoms with Crippen molar-refractivity contribution in [2.45, 2.75) is 25.9 Å². The molecule has 1 amide bonds. The fourth-order valence-electron chi connectivity index (χ4n) is 2.31. The van der Waals surface area contributed by atoms with Crippen LogP contribution in [0.2, 0.25) is 0 Å². The van der Waals surface area contributed by atoms with E-state index in [4.69, 9.17) is 4.74 Å². The summed E-state index contributed by atoms with van der Waals surface area (Å²) in [6, 6.07) is 18.2. The van der Waals surface area contributed by atoms with Gasteiger partial charge in [-0.3, -0.25) is 4.79 Å². The van der Waals surface area contributed by atoms with Crippen LogP contribution in [0.1, 0.15) is 29.2 Å². The molecule has 116 valence electrons. The zero-order valence-corrected chi connectivity index (χ0v) is 13.2. The van der Waals surface area contributed by atoms with E-state index in [2.05, 4.69) is 36.5 Å². The van der Waals surface area contributed by atoms with Gasteiger partial charge in [-0.2, -0.15) is 0 Å². The summed E-state index contributed by atoms with van der Waals surface area (Å²) in [5.74, 6) is 0.0542. The number of ether oxygens (including phenoxy) is 1. The highest BCUT2D eigenvalue weighted by Crippen LogP contribution is 2.15. The van der Waals surface area contributed by atoms with Crippen LogP contribution in [0.3, 0.4) is 0 Å². The molecule has 0 saturated heterocycles. The number of aryl methyl sites for hydroxylation is 2. The highest BCUT2D eigenvalue weighted by molar-refractivity contribution is 5.76. The van der Waals surface area contributed by atoms with E-state index in [0.717, 1.165) is 12.0 Å². The first kappa shape index (κ1) is 16.2. The molecular weight excluding hydrogens is 274 g/mol. The average molecular weight is 297 g/mol. The minimum atomic E-state index is -0.107. The van der Waals surface area contributed by atoms with Crippen molar-refractivity contribution in [2.75, 3.05) is 13.7 Å². The number of methoxy groups -OCH3 is 1. The average Bonchev–Trinajstić information content (AvgIpc) is 2.56. The lowest BCUT2D eigenvalue weighted by atomic mass is 10.1. The summed E-state index contributed by atoms with van der Waals surface area (Å²) < 4.78 is 5.45. The summed E-state index contributed by atoms with van der Waals surface area (Å²) in [5.41, 5.74) is 3.50. The minimum absolute atomic E-state index is 0.0542. The number of benzene rings is 2. The molecule has 1 atom stereocenters. The van der Waals surface area contributed by atoms with Gasteiger partial charge in [0.05, 0.1) is 6.10 Å². The first-order chi connectivity index (χ1) is 10.7. The molecule has 2 aromatic carbocycles. The summed E-state index contributed by atoms with van der Waals surface area (Å²) in [6.07, 6.45) is 1.15. The molecule has 0 radical (unpaired) electrons. The largest absolute Gasteiger partial charge is 0.375 e. The summed E-state index contributed by atoms with van der Waals surface area (Å²) in [4.78, 5) is 12.0. The number of hydrogen-bond donors (Lipinski definition) is 1. The number of nitrogens with one attached hydrogen (secondary N) is 1. The summed E-state index contributed by atoms with van der Waals surface area (Å²) >= 11 is 0. The molecule has 3 heteroatoms. The van der Waals surface area contributed by atoms with E-state index in [9.17, 15) is 4.79 Å². The molecule has 2 rings (SSSR count). The Kier molecular flexibility index (Phi) is 6.16. The molecule has 0 aliphatic heterocycles. The molecule has 0 aromatic heterocycles. The Morgan fingerprint density at radius 1 is 1.09 bits per heavy atom. The molecule has 0 bridgehead atoms. The highest BCUT2D eigenvalue weighted by Gasteiger charge is 2.11. The SMILES string of the molecule is COC(CNC(=O)CCc1ccc(C)cc1)c1ccccc1. The lowest BCUT2D eigenvalue weighted by Crippen LogP contribution is -2.29. The standard InChI is InChI=1S/C19H23NO2/c1-15-8-10-16(11-9-15)12-13-19(21)20-14-18(22-2)17-6-4-3-5-7-17/h3-11,18H,12-14H2,1-2H3,(H,20,21). The molecule has 0 fully saturated rings. The zero-order valence-electron chi connectivity index (χ0n) is 13.2. The van der Waals surface area contributed by atoms with Crippen molar-refractivity contribution in [1.29, 1.82) is 0 Å². The molecule has 0 spiro atoms. The summed E-state index contributed by atoms with van der Waals surface area (Å²) in [7, 11) is 1.66. The number of rotatable bonds is 7. The molecule has 1 N–H and O–H groups in total. The van der Waals surface area contributed by atoms with Crippen molar-refractivity contribution in [1.82, 2.24) is 5.32 Å². The molecule has 2 aromatic rings. The topological polar surface area (TPSA) is 38.3 Å². The molecule has 3 nitrogen and oxygen atoms in total. The van der Waals surface area contributed by atoms with Gasteiger partial charge < -0.3 is 10.1 Å². The zero-order chi connectivity index (χ0) is 15.8. The molecule has 0 aliphatic carbocycles. The third-order valence-corrected chi connectivity index (χ3v) is 3.70. The highest BCUT2D eigenvalue weighted by atomic mass is 16.5. The summed E-state index contributed by atoms with van der Waals surface area (Å²) in [6.45, 7) is 2.55. The molecule has 0 heterocycles. The molecule has 0 saturated carbocycles. The van der Waals surface area contributed by atoms with Gasteiger partial charge in [0.2, 0.25) is 5.91 Å². The third kappa shape index (κ3) is 5.01. The van der Waals surface area contributed by atoms with Crippen LogP contribution in [0.25, 0.3) is 0 Å². The van der Waals surface area contributed by atoms with Crippen LogP contribution < -0.4 is 5.32 Å². The smallest absolute Gasteiger partial charge is 0.220 e. The lowest BCUT2D eigenvalue weighted by molar-refractivity contribution is -0.121. The fraction of sp³-hybridized carbons (Fsp3) is 0.316. The molecule has 22 heavy (non-hydrogen) atoms. The quantitative estimate of drug-likeness (QED) is 0.850. The lowest BCUT2D eigenvalue weighted by Gasteiger charge is -2.16. The maximum Gasteiger partial charge on any atom is 0.220 e. The van der Waals surface area contributed by atoms with E-state index in [-0.39, 0.29) is 12.0 Å². The Morgan fingerprint density at radius 3 is 2.41 bits per heavy atom. The predicted molar refractivity (Wildman–Crippen MR) is 88.7 cm³/mol. The van der Waals surface area contributed by atoms with Gasteiger partial charge in [-0.05, 0) is 24.5 Å². The maximum atomic E-state index is 12.0. The second-order valence-corrected chi connectivity index (χ2v) is 5.42. The van der Waals surface area contributed by atoms with Crippen LogP contribution in [0.4, 0.5) is 0 Å². The van der Waals surface area contributed by atoms with Crippen LogP contribution >= 0.6 is 0 Å². The van der Waals surface area contributed by atoms with Crippen LogP contribution in [0.5, 0.6) is 0 Å². The Balaban J connectivity index is 1.78. The maximum absolute atomic E-state index is 12.0. The Morgan fingerprint density at radius 2 is 1.77 bits per heavy atom. The summed E-state index contributed by atoms with van der Waals surface area (Å²) in [5, 5.41) is 2.95. The van der Waals surface area contributed by atoms with E-state index in [0.29, 0.717) is 13.0 Å². The van der Waals surface area contributed by atoms with Crippen LogP contribution in [-0.4, -0.2) is 19.6 Å². The molecule has 1 unspecified atom stereocenters. The molecule has 0 aliphatic rings. The monoisotopic (exact) mass is 297 g/mol. The van der Waals surface area contributed by atoms with E-state index in [1.165, 1.54) is 11.1 Å². The van der Waals surface area contributed by atoms with Crippen LogP contribution in [0.15, 0.2) is 54.6 Å². The van der Waals surface area contributed by atoms with Gasteiger partial charge in [0.15, 0.2) is 0 Å². The van der Waals surface area contributed by atoms with Crippen molar-refractivity contribution in [2.24, 2.45) is 0 Å². The Bertz CT molecular complexity index is 578. The number of carbonyl (C=O) groups is 1. The van der Waals surface area contributed by atoms with E-state index in [1.54, 1.807) is 7.11 Å². The van der Waals surface area contributed by atoms with E-state index >= 15 is 0 Å². The van der Waals surface area contributed by atoms with E-state index < -0.39 is 0 Å². The predicted octanol–water partition coefficient (Wildman–Crippen LogP) is 3.43. The number of carbonyl (C=O) groups excluding carboxylic acids is 1. The number of hydrogen-bond acceptors (Lipinski definition) is 2. The van der Waals surface area contributed by atoms with Crippen molar-refractivity contribution in [3.8, 4) is 0 Å². The first-order valence-corrected chi connectivity index (χ1v) is 7.59. The van der Waals surface area contributed by atoms with Gasteiger partial charge in [-0.15, -0.1) is 0 Å². The van der Waals surface area contributed by atoms with Gasteiger partial charge >= 0.3 is 0 Å². The van der Waals surface area contributed by atoms with Gasteiger partial charge in [0.1, 0.15) is 0 Å². The Hall–Kier alpha value is -2.13. The van der Waals surface area contributed by atoms with Crippen molar-refractivity contribution in [3.05, 3.63) is 71.3 Å². The Labute approximate surface area is 132 Å². The van der Waals surface area contributed by atoms with Crippen LogP contribution in [0, 0.1) is 6.92 Å². The number of amides is 1. The minimum Gasteiger partial charge on any atom is -0.375 e. The van der Waals surface area contributed by atoms with Gasteiger partial charge in [0, 0.05) is 20.1 Å². The van der Waals surface area contributed by atoms with Crippen molar-refractivity contribution in [3.63, 3.8) is 0 Å². The first-order valence-electron chi connectivity index (χ1n) is 7.59. The van der Waals surface area contributed by atoms with Gasteiger partial charge in [-0.25, -0.2) is 0 Å². The normalized spacial score (nSPS) is 11.9. The van der Waals surface area contributed by atoms with Crippen LogP contribution in [-0.2, 0) is 16.0 Å². The second kappa shape index (κ2) is 8.35. The fourth-order valence-corrected chi connectivity index (χ4v) is 2.31. The van der Waals surface area contributed by atoms with Crippen molar-refractivity contribution >= 4 is 5.91 Å². The van der Waals surface area contributed by atoms with Gasteiger partial charge in [0.25, 0.3) is 0 Å². The van der Waals surface area contributed by atoms with E-state index in [1.807, 2.05) is 30.3 Å². The molecular formula is C19H23NO2. The third-order valence-electron chi connectivity index (χ3n) is 3.70. The second-order valence-electron chi connectivity index (χ2n) is 5.42. The van der Waals surface area contributed by atoms with Crippen molar-refractivity contribution < 1.29 is 9.53 Å². The van der Waals surface area contributed by atoms with Gasteiger partial charge in [-0.1, -0.05) is 60.2 Å².